The fourth-order valence-electron chi connectivity index (χ4n) is 11.0. The highest BCUT2D eigenvalue weighted by atomic mass is 35.5. The Morgan fingerprint density at radius 2 is 1.67 bits per heavy atom. The van der Waals surface area contributed by atoms with E-state index in [1.54, 1.807) is 36.6 Å². The first-order valence-electron chi connectivity index (χ1n) is 25.7. The largest absolute Gasteiger partial charge is 0.496 e. The van der Waals surface area contributed by atoms with Gasteiger partial charge in [-0.3, -0.25) is 29.5 Å². The van der Waals surface area contributed by atoms with Gasteiger partial charge in [-0.05, 0) is 143 Å². The van der Waals surface area contributed by atoms with Crippen molar-refractivity contribution < 1.29 is 28.7 Å². The molecule has 0 bridgehead atoms. The Balaban J connectivity index is 0.720. The van der Waals surface area contributed by atoms with Gasteiger partial charge >= 0.3 is 6.03 Å². The van der Waals surface area contributed by atoms with E-state index in [0.29, 0.717) is 67.5 Å². The third-order valence-electron chi connectivity index (χ3n) is 15.0. The van der Waals surface area contributed by atoms with Gasteiger partial charge in [-0.1, -0.05) is 35.3 Å². The van der Waals surface area contributed by atoms with Gasteiger partial charge in [0, 0.05) is 104 Å². The van der Waals surface area contributed by atoms with Crippen LogP contribution in [0.2, 0.25) is 10.0 Å². The quantitative estimate of drug-likeness (QED) is 0.0909. The lowest BCUT2D eigenvalue weighted by atomic mass is 9.77. The maximum Gasteiger partial charge on any atom is 0.328 e. The maximum atomic E-state index is 13.9. The summed E-state index contributed by atoms with van der Waals surface area (Å²) in [5, 5.41) is 10.3. The number of urea groups is 1. The van der Waals surface area contributed by atoms with Crippen molar-refractivity contribution in [2.75, 3.05) is 90.6 Å². The van der Waals surface area contributed by atoms with E-state index in [-0.39, 0.29) is 48.6 Å². The maximum absolute atomic E-state index is 13.9. The van der Waals surface area contributed by atoms with E-state index in [0.717, 1.165) is 109 Å². The monoisotopic (exact) mass is 1050 g/mol. The third kappa shape index (κ3) is 12.3. The van der Waals surface area contributed by atoms with Gasteiger partial charge in [-0.25, -0.2) is 14.8 Å². The van der Waals surface area contributed by atoms with E-state index in [1.807, 2.05) is 30.0 Å². The average Bonchev–Trinajstić information content (AvgIpc) is 3.88. The molecule has 5 aromatic rings. The number of methoxy groups -OCH3 is 1. The molecule has 3 saturated heterocycles. The Morgan fingerprint density at radius 1 is 0.904 bits per heavy atom. The molecule has 15 nitrogen and oxygen atoms in total. The first kappa shape index (κ1) is 52.5. The fourth-order valence-corrected chi connectivity index (χ4v) is 12.4. The molecule has 5 heterocycles. The van der Waals surface area contributed by atoms with Crippen LogP contribution in [0.5, 0.6) is 5.75 Å². The number of hydrogen-bond donors (Lipinski definition) is 2. The molecule has 9 rings (SSSR count). The topological polar surface area (TPSA) is 153 Å². The lowest BCUT2D eigenvalue weighted by molar-refractivity contribution is -0.139. The molecule has 1 atom stereocenters. The Kier molecular flexibility index (Phi) is 16.9. The number of likely N-dealkylation sites (tertiary alicyclic amines) is 1. The van der Waals surface area contributed by atoms with Crippen molar-refractivity contribution in [3.8, 4) is 16.9 Å². The van der Waals surface area contributed by atoms with Crippen molar-refractivity contribution in [3.05, 3.63) is 97.4 Å². The average molecular weight is 1050 g/mol. The van der Waals surface area contributed by atoms with E-state index >= 15 is 0 Å². The summed E-state index contributed by atoms with van der Waals surface area (Å²) in [6, 6.07) is 17.0. The van der Waals surface area contributed by atoms with Gasteiger partial charge in [-0.2, -0.15) is 0 Å². The highest BCUT2D eigenvalue weighted by Gasteiger charge is 2.34. The smallest absolute Gasteiger partial charge is 0.328 e. The number of halogens is 2. The molecular weight excluding hydrogens is 986 g/mol. The van der Waals surface area contributed by atoms with Gasteiger partial charge in [0.25, 0.3) is 5.91 Å². The highest BCUT2D eigenvalue weighted by molar-refractivity contribution is 7.10. The van der Waals surface area contributed by atoms with Gasteiger partial charge in [-0.15, -0.1) is 11.3 Å². The number of carbonyl (C=O) groups is 4. The lowest BCUT2D eigenvalue weighted by Gasteiger charge is -2.38. The Hall–Kier alpha value is -5.36. The van der Waals surface area contributed by atoms with E-state index in [1.165, 1.54) is 15.3 Å². The van der Waals surface area contributed by atoms with Gasteiger partial charge in [0.1, 0.15) is 17.4 Å². The minimum absolute atomic E-state index is 0.0104. The molecule has 4 fully saturated rings. The van der Waals surface area contributed by atoms with Crippen LogP contribution < -0.4 is 20.3 Å². The first-order valence-corrected chi connectivity index (χ1v) is 27.3. The summed E-state index contributed by atoms with van der Waals surface area (Å²) >= 11 is 14.9. The fraction of sp³-hybridized carbons (Fsp3) is 0.491. The summed E-state index contributed by atoms with van der Waals surface area (Å²) in [6.45, 7) is 10.5. The number of aryl methyl sites for hydroxylation is 1. The molecule has 2 N–H and O–H groups in total. The van der Waals surface area contributed by atoms with Crippen LogP contribution in [-0.4, -0.2) is 134 Å². The Morgan fingerprint density at radius 3 is 2.40 bits per heavy atom. The number of fused-ring (bicyclic) bond motifs is 1. The van der Waals surface area contributed by atoms with Gasteiger partial charge in [0.15, 0.2) is 0 Å². The van der Waals surface area contributed by atoms with E-state index in [9.17, 15) is 19.2 Å². The molecule has 0 radical (unpaired) electrons. The number of aromatic nitrogens is 2. The van der Waals surface area contributed by atoms with Crippen molar-refractivity contribution >= 4 is 80.7 Å². The van der Waals surface area contributed by atoms with Crippen LogP contribution >= 0.6 is 34.5 Å². The van der Waals surface area contributed by atoms with Gasteiger partial charge in [0.2, 0.25) is 11.8 Å². The molecule has 0 spiro atoms. The number of carbonyl (C=O) groups excluding carboxylic acids is 4. The van der Waals surface area contributed by atoms with Crippen LogP contribution in [-0.2, 0) is 20.9 Å². The van der Waals surface area contributed by atoms with Crippen LogP contribution in [0, 0.1) is 18.8 Å². The molecule has 3 aromatic carbocycles. The first-order chi connectivity index (χ1) is 35.2. The number of anilines is 2. The molecular formula is C55H67Cl2N9O6S. The SMILES string of the molecule is COc1cc2nc(C)nc(N[C@H](C)c3cc(-c4c(Cl)cccc4CN(C)C)cs3)c2cc1C1CCC(C(=O)N2CCN(COCCC3CCN(C(=O)c4ccc(Cl)c(N5CCC(=O)NC5=O)c4)CC3)CC2)CC1. The van der Waals surface area contributed by atoms with Crippen LogP contribution in [0.3, 0.4) is 0 Å². The van der Waals surface area contributed by atoms with Crippen molar-refractivity contribution in [1.29, 1.82) is 0 Å². The van der Waals surface area contributed by atoms with Gasteiger partial charge in [0.05, 0.1) is 36.1 Å². The minimum Gasteiger partial charge on any atom is -0.496 e. The standard InChI is InChI=1S/C55H67Cl2N9O6S/c1-34(49-28-41(32-73-49)51-40(31-62(3)4)7-6-8-45(51)57)58-52-43-29-42(48(71-5)30-46(43)59-35(2)60-52)37-9-11-38(12-10-37)53(68)65-24-22-63(23-25-65)33-72-26-18-36-15-19-64(20-16-36)54(69)39-13-14-44(56)47(27-39)66-21-17-50(67)61-55(66)70/h6-8,13-14,27-30,32,34,36-38H,9-12,15-26,31,33H2,1-5H3,(H,58,59,60)(H,61,67,70)/t34-,37?,38?/m1/s1. The molecule has 5 amide bonds. The summed E-state index contributed by atoms with van der Waals surface area (Å²) in [5.74, 6) is 2.86. The summed E-state index contributed by atoms with van der Waals surface area (Å²) < 4.78 is 12.2. The summed E-state index contributed by atoms with van der Waals surface area (Å²) in [4.78, 5) is 72.2. The second-order valence-corrected chi connectivity index (χ2v) is 22.1. The zero-order valence-corrected chi connectivity index (χ0v) is 44.9. The number of imide groups is 1. The van der Waals surface area contributed by atoms with Crippen molar-refractivity contribution in [1.82, 2.24) is 34.9 Å². The molecule has 3 aliphatic heterocycles. The van der Waals surface area contributed by atoms with E-state index in [2.05, 4.69) is 69.9 Å². The molecule has 388 valence electrons. The number of thiophene rings is 1. The number of rotatable bonds is 16. The van der Waals surface area contributed by atoms with Gasteiger partial charge < -0.3 is 29.5 Å². The molecule has 4 aliphatic rings. The number of piperazine rings is 1. The summed E-state index contributed by atoms with van der Waals surface area (Å²) in [5.41, 5.74) is 6.24. The number of amides is 5. The number of piperidine rings is 1. The zero-order chi connectivity index (χ0) is 51.3. The summed E-state index contributed by atoms with van der Waals surface area (Å²) in [6.07, 6.45) is 6.34. The number of ether oxygens (including phenoxy) is 2. The van der Waals surface area contributed by atoms with Crippen LogP contribution in [0.1, 0.15) is 102 Å². The molecule has 2 aromatic heterocycles. The number of benzene rings is 3. The van der Waals surface area contributed by atoms with Crippen molar-refractivity contribution in [2.45, 2.75) is 83.7 Å². The zero-order valence-electron chi connectivity index (χ0n) is 42.6. The lowest BCUT2D eigenvalue weighted by Crippen LogP contribution is -2.51. The highest BCUT2D eigenvalue weighted by Crippen LogP contribution is 2.43. The van der Waals surface area contributed by atoms with Crippen LogP contribution in [0.15, 0.2) is 60.0 Å². The number of nitrogens with one attached hydrogen (secondary N) is 2. The van der Waals surface area contributed by atoms with Crippen LogP contribution in [0.25, 0.3) is 22.0 Å². The normalized spacial score (nSPS) is 19.6. The van der Waals surface area contributed by atoms with E-state index in [4.69, 9.17) is 42.6 Å². The predicted octanol–water partition coefficient (Wildman–Crippen LogP) is 10.00. The van der Waals surface area contributed by atoms with Crippen LogP contribution in [0.4, 0.5) is 16.3 Å². The second-order valence-electron chi connectivity index (χ2n) is 20.3. The third-order valence-corrected chi connectivity index (χ3v) is 16.8. The molecule has 1 aliphatic carbocycles. The number of hydrogen-bond acceptors (Lipinski definition) is 12. The molecule has 0 unspecified atom stereocenters. The molecule has 73 heavy (non-hydrogen) atoms. The predicted molar refractivity (Wildman–Crippen MR) is 289 cm³/mol. The van der Waals surface area contributed by atoms with Crippen molar-refractivity contribution in [2.24, 2.45) is 11.8 Å². The Labute approximate surface area is 442 Å². The Bertz CT molecular complexity index is 2820. The summed E-state index contributed by atoms with van der Waals surface area (Å²) in [7, 11) is 5.86. The second kappa shape index (κ2) is 23.5. The molecule has 1 saturated carbocycles. The number of nitrogens with zero attached hydrogens (tertiary/aromatic N) is 7. The van der Waals surface area contributed by atoms with E-state index < -0.39 is 6.03 Å². The molecule has 18 heteroatoms. The van der Waals surface area contributed by atoms with Crippen molar-refractivity contribution in [3.63, 3.8) is 0 Å². The minimum atomic E-state index is -0.538.